The molecule has 2 nitrogen and oxygen atoms in total. The minimum absolute atomic E-state index is 0.0679. The monoisotopic (exact) mass is 554 g/mol. The maximum atomic E-state index is 6.51. The second kappa shape index (κ2) is 12.4. The Morgan fingerprint density at radius 3 is 1.74 bits per heavy atom. The molecule has 3 aromatic carbocycles. The van der Waals surface area contributed by atoms with Gasteiger partial charge in [0.2, 0.25) is 0 Å². The van der Waals surface area contributed by atoms with Crippen LogP contribution in [0.25, 0.3) is 0 Å². The van der Waals surface area contributed by atoms with Crippen LogP contribution in [0.3, 0.4) is 0 Å². The lowest BCUT2D eigenvalue weighted by molar-refractivity contribution is -0.0279. The van der Waals surface area contributed by atoms with Crippen molar-refractivity contribution in [3.63, 3.8) is 0 Å². The van der Waals surface area contributed by atoms with Crippen LogP contribution in [-0.2, 0) is 41.9 Å². The van der Waals surface area contributed by atoms with Crippen molar-refractivity contribution in [2.45, 2.75) is 71.8 Å². The highest BCUT2D eigenvalue weighted by molar-refractivity contribution is 6.91. The fourth-order valence-electron chi connectivity index (χ4n) is 6.16. The van der Waals surface area contributed by atoms with Crippen LogP contribution in [0.4, 0.5) is 0 Å². The number of fused-ring (bicyclic) bond motifs is 1. The van der Waals surface area contributed by atoms with Crippen LogP contribution in [0, 0.1) is 5.41 Å². The summed E-state index contributed by atoms with van der Waals surface area (Å²) in [4.78, 5) is 0. The van der Waals surface area contributed by atoms with Gasteiger partial charge in [-0.05, 0) is 53.2 Å². The topological polar surface area (TPSA) is 18.5 Å². The van der Waals surface area contributed by atoms with Crippen molar-refractivity contribution in [3.05, 3.63) is 113 Å². The Labute approximate surface area is 238 Å². The maximum Gasteiger partial charge on any atom is 0.0783 e. The number of ether oxygens (including phenoxy) is 2. The molecule has 0 amide bonds. The zero-order valence-electron chi connectivity index (χ0n) is 24.9. The summed E-state index contributed by atoms with van der Waals surface area (Å²) in [6.45, 7) is 21.5. The van der Waals surface area contributed by atoms with Crippen molar-refractivity contribution in [2.75, 3.05) is 13.2 Å². The van der Waals surface area contributed by atoms with Crippen LogP contribution < -0.4 is 10.4 Å². The smallest absolute Gasteiger partial charge is 0.0783 e. The number of hydrogen-bond donors (Lipinski definition) is 0. The Kier molecular flexibility index (Phi) is 9.36. The fourth-order valence-corrected chi connectivity index (χ4v) is 10.2. The molecule has 0 radical (unpaired) electrons. The standard InChI is InChI=1S/C35H46O2Si2/c1-8-9-20-30-21-33(38(2,3)4)31-22-35(23-32(31)34(30)39(5,6)7,26-36-24-28-16-12-10-13-17-28)27-37-25-29-18-14-11-15-19-29/h9-19,21H,1,20,22-27H2,2-7H3. The van der Waals surface area contributed by atoms with E-state index >= 15 is 0 Å². The zero-order valence-corrected chi connectivity index (χ0v) is 26.9. The van der Waals surface area contributed by atoms with E-state index in [2.05, 4.69) is 124 Å². The highest BCUT2D eigenvalue weighted by Gasteiger charge is 2.44. The van der Waals surface area contributed by atoms with Gasteiger partial charge >= 0.3 is 0 Å². The third kappa shape index (κ3) is 7.39. The lowest BCUT2D eigenvalue weighted by Gasteiger charge is -2.30. The van der Waals surface area contributed by atoms with E-state index in [1.807, 2.05) is 0 Å². The Hall–Kier alpha value is -2.47. The number of hydrogen-bond acceptors (Lipinski definition) is 2. The van der Waals surface area contributed by atoms with Gasteiger partial charge in [-0.15, -0.1) is 5.73 Å². The zero-order chi connectivity index (χ0) is 28.1. The Bertz CT molecular complexity index is 1250. The van der Waals surface area contributed by atoms with Gasteiger partial charge in [0, 0.05) is 5.41 Å². The van der Waals surface area contributed by atoms with E-state index in [1.54, 1.807) is 21.5 Å². The first kappa shape index (κ1) is 29.5. The Morgan fingerprint density at radius 2 is 1.28 bits per heavy atom. The number of rotatable bonds is 12. The van der Waals surface area contributed by atoms with E-state index in [1.165, 1.54) is 16.7 Å². The molecule has 0 spiro atoms. The Morgan fingerprint density at radius 1 is 0.769 bits per heavy atom. The van der Waals surface area contributed by atoms with Crippen molar-refractivity contribution in [3.8, 4) is 0 Å². The van der Waals surface area contributed by atoms with Gasteiger partial charge in [-0.1, -0.05) is 123 Å². The molecule has 0 N–H and O–H groups in total. The molecular weight excluding hydrogens is 509 g/mol. The van der Waals surface area contributed by atoms with E-state index < -0.39 is 16.1 Å². The lowest BCUT2D eigenvalue weighted by atomic mass is 9.86. The molecule has 206 valence electrons. The average Bonchev–Trinajstić information content (AvgIpc) is 3.25. The van der Waals surface area contributed by atoms with Crippen LogP contribution >= 0.6 is 0 Å². The molecule has 0 fully saturated rings. The quantitative estimate of drug-likeness (QED) is 0.174. The normalized spacial score (nSPS) is 14.6. The maximum absolute atomic E-state index is 6.51. The predicted octanol–water partition coefficient (Wildman–Crippen LogP) is 7.18. The van der Waals surface area contributed by atoms with E-state index in [0.717, 1.165) is 19.3 Å². The molecule has 1 aliphatic rings. The molecule has 0 heterocycles. The summed E-state index contributed by atoms with van der Waals surface area (Å²) < 4.78 is 13.0. The average molecular weight is 555 g/mol. The van der Waals surface area contributed by atoms with E-state index in [-0.39, 0.29) is 5.41 Å². The van der Waals surface area contributed by atoms with Crippen molar-refractivity contribution in [2.24, 2.45) is 5.41 Å². The number of allylic oxidation sites excluding steroid dienone is 1. The van der Waals surface area contributed by atoms with Gasteiger partial charge in [-0.25, -0.2) is 0 Å². The molecule has 0 bridgehead atoms. The van der Waals surface area contributed by atoms with Crippen LogP contribution in [0.5, 0.6) is 0 Å². The molecule has 3 aromatic rings. The minimum atomic E-state index is -1.63. The summed E-state index contributed by atoms with van der Waals surface area (Å²) in [7, 11) is -3.22. The van der Waals surface area contributed by atoms with Crippen LogP contribution in [0.15, 0.2) is 85.1 Å². The van der Waals surface area contributed by atoms with Crippen LogP contribution in [0.2, 0.25) is 39.3 Å². The summed E-state index contributed by atoms with van der Waals surface area (Å²) in [6.07, 6.45) is 5.07. The third-order valence-electron chi connectivity index (χ3n) is 7.80. The first-order valence-electron chi connectivity index (χ1n) is 14.3. The second-order valence-corrected chi connectivity index (χ2v) is 23.4. The summed E-state index contributed by atoms with van der Waals surface area (Å²) in [6, 6.07) is 23.6. The van der Waals surface area contributed by atoms with Gasteiger partial charge in [0.25, 0.3) is 0 Å². The molecule has 0 aromatic heterocycles. The molecule has 4 rings (SSSR count). The van der Waals surface area contributed by atoms with E-state index in [4.69, 9.17) is 9.47 Å². The highest BCUT2D eigenvalue weighted by Crippen LogP contribution is 2.39. The SMILES string of the molecule is C=C=CCc1cc([Si](C)(C)C)c2c(c1[Si](C)(C)C)CC(COCc1ccccc1)(COCc1ccccc1)C2. The van der Waals surface area contributed by atoms with E-state index in [0.29, 0.717) is 26.4 Å². The van der Waals surface area contributed by atoms with Gasteiger partial charge in [0.05, 0.1) is 42.6 Å². The largest absolute Gasteiger partial charge is 0.376 e. The molecule has 0 saturated carbocycles. The molecule has 39 heavy (non-hydrogen) atoms. The van der Waals surface area contributed by atoms with Gasteiger partial charge in [0.1, 0.15) is 0 Å². The summed E-state index contributed by atoms with van der Waals surface area (Å²) in [5.41, 5.74) is 10.1. The number of benzene rings is 3. The van der Waals surface area contributed by atoms with Crippen molar-refractivity contribution < 1.29 is 9.47 Å². The lowest BCUT2D eigenvalue weighted by Crippen LogP contribution is -2.48. The second-order valence-electron chi connectivity index (χ2n) is 13.3. The van der Waals surface area contributed by atoms with Crippen LogP contribution in [-0.4, -0.2) is 29.4 Å². The molecule has 4 heteroatoms. The molecular formula is C35H46O2Si2. The molecule has 0 atom stereocenters. The minimum Gasteiger partial charge on any atom is -0.376 e. The Balaban J connectivity index is 1.72. The molecule has 1 aliphatic carbocycles. The highest BCUT2D eigenvalue weighted by atomic mass is 28.3. The van der Waals surface area contributed by atoms with E-state index in [9.17, 15) is 0 Å². The first-order valence-corrected chi connectivity index (χ1v) is 21.3. The van der Waals surface area contributed by atoms with Gasteiger partial charge in [-0.2, -0.15) is 0 Å². The summed E-state index contributed by atoms with van der Waals surface area (Å²) in [5.74, 6) is 0. The summed E-state index contributed by atoms with van der Waals surface area (Å²) in [5, 5.41) is 3.25. The predicted molar refractivity (Wildman–Crippen MR) is 172 cm³/mol. The summed E-state index contributed by atoms with van der Waals surface area (Å²) >= 11 is 0. The molecule has 0 saturated heterocycles. The van der Waals surface area contributed by atoms with Gasteiger partial charge < -0.3 is 9.47 Å². The van der Waals surface area contributed by atoms with Crippen molar-refractivity contribution >= 4 is 26.5 Å². The fraction of sp³-hybridized carbons (Fsp3) is 0.400. The molecule has 0 aliphatic heterocycles. The van der Waals surface area contributed by atoms with Crippen molar-refractivity contribution in [1.82, 2.24) is 0 Å². The first-order chi connectivity index (χ1) is 18.5. The van der Waals surface area contributed by atoms with Gasteiger partial charge in [0.15, 0.2) is 0 Å². The molecule has 0 unspecified atom stereocenters. The van der Waals surface area contributed by atoms with Crippen molar-refractivity contribution in [1.29, 1.82) is 0 Å². The van der Waals surface area contributed by atoms with Crippen LogP contribution in [0.1, 0.15) is 27.8 Å². The third-order valence-corrected chi connectivity index (χ3v) is 12.0. The van der Waals surface area contributed by atoms with Gasteiger partial charge in [-0.3, -0.25) is 0 Å².